The van der Waals surface area contributed by atoms with E-state index in [0.717, 1.165) is 22.5 Å². The molecule has 0 unspecified atom stereocenters. The van der Waals surface area contributed by atoms with Gasteiger partial charge in [0.15, 0.2) is 0 Å². The highest BCUT2D eigenvalue weighted by Gasteiger charge is 2.14. The van der Waals surface area contributed by atoms with Crippen LogP contribution in [0.15, 0.2) is 48.7 Å². The van der Waals surface area contributed by atoms with Crippen LogP contribution in [0.1, 0.15) is 5.56 Å². The Bertz CT molecular complexity index is 814. The zero-order chi connectivity index (χ0) is 14.8. The summed E-state index contributed by atoms with van der Waals surface area (Å²) in [5.74, 6) is -0.625. The monoisotopic (exact) mass is 285 g/mol. The molecule has 3 rings (SSSR count). The number of nitrogens with one attached hydrogen (secondary N) is 2. The van der Waals surface area contributed by atoms with Gasteiger partial charge in [0.1, 0.15) is 11.5 Å². The molecule has 106 valence electrons. The molecular weight excluding hydrogens is 273 g/mol. The molecule has 2 aromatic carbocycles. The summed E-state index contributed by atoms with van der Waals surface area (Å²) < 4.78 is 13.1. The molecule has 5 nitrogen and oxygen atoms in total. The number of anilines is 1. The normalized spacial score (nSPS) is 10.7. The Hall–Kier alpha value is -2.89. The number of hydrogen-bond acceptors (Lipinski definition) is 3. The molecule has 0 spiro atoms. The summed E-state index contributed by atoms with van der Waals surface area (Å²) in [6.45, 7) is 0.418. The second kappa shape index (κ2) is 5.24. The molecule has 21 heavy (non-hydrogen) atoms. The van der Waals surface area contributed by atoms with E-state index in [9.17, 15) is 14.5 Å². The van der Waals surface area contributed by atoms with Crippen molar-refractivity contribution < 1.29 is 9.31 Å². The number of nitro benzene ring substituents is 1. The Morgan fingerprint density at radius 3 is 2.86 bits per heavy atom. The van der Waals surface area contributed by atoms with Crippen LogP contribution in [-0.4, -0.2) is 9.91 Å². The molecule has 1 heterocycles. The van der Waals surface area contributed by atoms with Crippen molar-refractivity contribution in [2.45, 2.75) is 6.54 Å². The third kappa shape index (κ3) is 2.69. The van der Waals surface area contributed by atoms with Crippen molar-refractivity contribution in [3.05, 3.63) is 70.2 Å². The van der Waals surface area contributed by atoms with Crippen LogP contribution in [0, 0.1) is 15.9 Å². The lowest BCUT2D eigenvalue weighted by molar-refractivity contribution is -0.384. The lowest BCUT2D eigenvalue weighted by atomic mass is 10.1. The van der Waals surface area contributed by atoms with Gasteiger partial charge in [0.2, 0.25) is 0 Å². The van der Waals surface area contributed by atoms with Crippen LogP contribution in [0.3, 0.4) is 0 Å². The fourth-order valence-corrected chi connectivity index (χ4v) is 2.21. The lowest BCUT2D eigenvalue weighted by Gasteiger charge is -2.07. The number of rotatable bonds is 4. The first-order valence-corrected chi connectivity index (χ1v) is 6.37. The first kappa shape index (κ1) is 13.1. The van der Waals surface area contributed by atoms with Crippen LogP contribution >= 0.6 is 0 Å². The van der Waals surface area contributed by atoms with Gasteiger partial charge in [-0.1, -0.05) is 12.1 Å². The molecule has 0 aliphatic rings. The highest BCUT2D eigenvalue weighted by atomic mass is 19.1. The predicted octanol–water partition coefficient (Wildman–Crippen LogP) is 3.83. The zero-order valence-corrected chi connectivity index (χ0v) is 11.0. The molecule has 0 atom stereocenters. The number of aromatic nitrogens is 1. The molecule has 0 radical (unpaired) electrons. The molecule has 0 fully saturated rings. The first-order chi connectivity index (χ1) is 10.1. The quantitative estimate of drug-likeness (QED) is 0.565. The molecule has 6 heteroatoms. The van der Waals surface area contributed by atoms with Crippen LogP contribution in [0.2, 0.25) is 0 Å². The van der Waals surface area contributed by atoms with E-state index in [-0.39, 0.29) is 5.69 Å². The van der Waals surface area contributed by atoms with E-state index < -0.39 is 10.7 Å². The maximum atomic E-state index is 13.1. The first-order valence-electron chi connectivity index (χ1n) is 6.37. The smallest absolute Gasteiger partial charge is 0.295 e. The summed E-state index contributed by atoms with van der Waals surface area (Å²) in [6, 6.07) is 11.3. The standard InChI is InChI=1S/C15H12FN3O2/c16-12-3-4-13(15(8-12)19(20)21)18-9-10-1-2-11-5-6-17-14(11)7-10/h1-8,17-18H,9H2. The summed E-state index contributed by atoms with van der Waals surface area (Å²) in [7, 11) is 0. The largest absolute Gasteiger partial charge is 0.375 e. The number of aromatic amines is 1. The number of nitrogens with zero attached hydrogens (tertiary/aromatic N) is 1. The summed E-state index contributed by atoms with van der Waals surface area (Å²) >= 11 is 0. The third-order valence-corrected chi connectivity index (χ3v) is 3.26. The molecule has 0 aliphatic carbocycles. The summed E-state index contributed by atoms with van der Waals surface area (Å²) in [4.78, 5) is 13.4. The third-order valence-electron chi connectivity index (χ3n) is 3.26. The van der Waals surface area contributed by atoms with Crippen LogP contribution in [0.4, 0.5) is 15.8 Å². The van der Waals surface area contributed by atoms with E-state index in [1.165, 1.54) is 12.1 Å². The Morgan fingerprint density at radius 1 is 1.19 bits per heavy atom. The molecule has 0 aliphatic heterocycles. The van der Waals surface area contributed by atoms with E-state index in [0.29, 0.717) is 12.2 Å². The van der Waals surface area contributed by atoms with E-state index in [1.54, 1.807) is 0 Å². The summed E-state index contributed by atoms with van der Waals surface area (Å²) in [5.41, 5.74) is 2.01. The van der Waals surface area contributed by atoms with Crippen molar-refractivity contribution >= 4 is 22.3 Å². The van der Waals surface area contributed by atoms with E-state index in [2.05, 4.69) is 10.3 Å². The number of hydrogen-bond donors (Lipinski definition) is 2. The number of halogens is 1. The van der Waals surface area contributed by atoms with Gasteiger partial charge in [-0.15, -0.1) is 0 Å². The number of benzene rings is 2. The van der Waals surface area contributed by atoms with E-state index in [1.807, 2.05) is 30.5 Å². The molecule has 1 aromatic heterocycles. The van der Waals surface area contributed by atoms with Crippen LogP contribution < -0.4 is 5.32 Å². The highest BCUT2D eigenvalue weighted by Crippen LogP contribution is 2.25. The Balaban J connectivity index is 1.82. The Kier molecular flexibility index (Phi) is 3.27. The van der Waals surface area contributed by atoms with Gasteiger partial charge in [0.05, 0.1) is 11.0 Å². The maximum absolute atomic E-state index is 13.1. The topological polar surface area (TPSA) is 71.0 Å². The van der Waals surface area contributed by atoms with E-state index in [4.69, 9.17) is 0 Å². The second-order valence-electron chi connectivity index (χ2n) is 4.67. The van der Waals surface area contributed by atoms with E-state index >= 15 is 0 Å². The number of nitro groups is 1. The Morgan fingerprint density at radius 2 is 2.05 bits per heavy atom. The van der Waals surface area contributed by atoms with Gasteiger partial charge in [-0.2, -0.15) is 0 Å². The predicted molar refractivity (Wildman–Crippen MR) is 78.7 cm³/mol. The van der Waals surface area contributed by atoms with Gasteiger partial charge >= 0.3 is 0 Å². The van der Waals surface area contributed by atoms with Gasteiger partial charge in [-0.25, -0.2) is 4.39 Å². The van der Waals surface area contributed by atoms with Crippen molar-refractivity contribution in [1.29, 1.82) is 0 Å². The Labute approximate surface area is 119 Å². The van der Waals surface area contributed by atoms with Gasteiger partial charge in [0, 0.05) is 18.3 Å². The van der Waals surface area contributed by atoms with Gasteiger partial charge in [-0.05, 0) is 35.2 Å². The zero-order valence-electron chi connectivity index (χ0n) is 11.0. The van der Waals surface area contributed by atoms with Crippen molar-refractivity contribution in [3.63, 3.8) is 0 Å². The van der Waals surface area contributed by atoms with Crippen LogP contribution in [-0.2, 0) is 6.54 Å². The van der Waals surface area contributed by atoms with Crippen molar-refractivity contribution in [1.82, 2.24) is 4.98 Å². The summed E-state index contributed by atoms with van der Waals surface area (Å²) in [6.07, 6.45) is 1.85. The molecular formula is C15H12FN3O2. The molecule has 0 bridgehead atoms. The molecule has 2 N–H and O–H groups in total. The van der Waals surface area contributed by atoms with Crippen molar-refractivity contribution in [2.75, 3.05) is 5.32 Å². The second-order valence-corrected chi connectivity index (χ2v) is 4.67. The molecule has 0 amide bonds. The molecule has 3 aromatic rings. The molecule has 0 saturated carbocycles. The average Bonchev–Trinajstić information content (AvgIpc) is 2.93. The minimum Gasteiger partial charge on any atom is -0.375 e. The van der Waals surface area contributed by atoms with Crippen LogP contribution in [0.5, 0.6) is 0 Å². The maximum Gasteiger partial charge on any atom is 0.295 e. The minimum atomic E-state index is -0.625. The van der Waals surface area contributed by atoms with Gasteiger partial charge < -0.3 is 10.3 Å². The fraction of sp³-hybridized carbons (Fsp3) is 0.0667. The minimum absolute atomic E-state index is 0.268. The van der Waals surface area contributed by atoms with Gasteiger partial charge in [-0.3, -0.25) is 10.1 Å². The summed E-state index contributed by atoms with van der Waals surface area (Å²) in [5, 5.41) is 15.0. The SMILES string of the molecule is O=[N+]([O-])c1cc(F)ccc1NCc1ccc2cc[nH]c2c1. The van der Waals surface area contributed by atoms with Crippen molar-refractivity contribution in [3.8, 4) is 0 Å². The van der Waals surface area contributed by atoms with Gasteiger partial charge in [0.25, 0.3) is 5.69 Å². The van der Waals surface area contributed by atoms with Crippen LogP contribution in [0.25, 0.3) is 10.9 Å². The fourth-order valence-electron chi connectivity index (χ4n) is 2.21. The number of fused-ring (bicyclic) bond motifs is 1. The average molecular weight is 285 g/mol. The highest BCUT2D eigenvalue weighted by molar-refractivity contribution is 5.80. The lowest BCUT2D eigenvalue weighted by Crippen LogP contribution is -2.03. The van der Waals surface area contributed by atoms with Crippen molar-refractivity contribution in [2.24, 2.45) is 0 Å². The molecule has 0 saturated heterocycles. The number of H-pyrrole nitrogens is 1.